The number of carbonyl (C=O) groups is 2. The van der Waals surface area contributed by atoms with E-state index in [1.54, 1.807) is 36.5 Å². The number of benzene rings is 2. The molecule has 4 rings (SSSR count). The van der Waals surface area contributed by atoms with Crippen LogP contribution >= 0.6 is 0 Å². The summed E-state index contributed by atoms with van der Waals surface area (Å²) in [5.74, 6) is 0.569. The second-order valence-electron chi connectivity index (χ2n) is 7.22. The molecule has 1 aliphatic heterocycles. The number of carbonyl (C=O) groups excluding carboxylic acids is 2. The fourth-order valence-electron chi connectivity index (χ4n) is 3.64. The maximum Gasteiger partial charge on any atom is 0.259 e. The van der Waals surface area contributed by atoms with Crippen LogP contribution in [0.15, 0.2) is 67.0 Å². The number of fused-ring (bicyclic) bond motifs is 1. The Balaban J connectivity index is 1.50. The van der Waals surface area contributed by atoms with Crippen molar-refractivity contribution in [2.24, 2.45) is 0 Å². The van der Waals surface area contributed by atoms with Crippen molar-refractivity contribution >= 4 is 23.2 Å². The van der Waals surface area contributed by atoms with Crippen LogP contribution in [0.2, 0.25) is 0 Å². The Bertz CT molecular complexity index is 1050. The highest BCUT2D eigenvalue weighted by Crippen LogP contribution is 2.31. The second-order valence-corrected chi connectivity index (χ2v) is 7.22. The number of nitrogens with one attached hydrogen (secondary N) is 1. The summed E-state index contributed by atoms with van der Waals surface area (Å²) in [6.45, 7) is 0.643. The lowest BCUT2D eigenvalue weighted by Crippen LogP contribution is -2.35. The van der Waals surface area contributed by atoms with Gasteiger partial charge < -0.3 is 15.0 Å². The van der Waals surface area contributed by atoms with E-state index in [1.165, 1.54) is 0 Å². The standard InChI is InChI=1S/C24H23N3O3/c1-30-21-10-6-17(7-11-21)14-23(28)26-20-9-8-18-5-3-13-27(22(18)15-20)24(29)19-4-2-12-25-16-19/h2,4,6-12,15-16H,3,5,13-14H2,1H3,(H,26,28). The molecule has 0 fully saturated rings. The summed E-state index contributed by atoms with van der Waals surface area (Å²) < 4.78 is 5.15. The molecule has 0 radical (unpaired) electrons. The molecule has 2 amide bonds. The molecule has 0 saturated heterocycles. The number of hydrogen-bond donors (Lipinski definition) is 1. The summed E-state index contributed by atoms with van der Waals surface area (Å²) in [6, 6.07) is 16.7. The summed E-state index contributed by atoms with van der Waals surface area (Å²) in [4.78, 5) is 31.3. The Morgan fingerprint density at radius 1 is 1.13 bits per heavy atom. The average molecular weight is 401 g/mol. The molecule has 3 aromatic rings. The van der Waals surface area contributed by atoms with Gasteiger partial charge >= 0.3 is 0 Å². The number of nitrogens with zero attached hydrogens (tertiary/aromatic N) is 2. The van der Waals surface area contributed by atoms with Crippen molar-refractivity contribution in [3.63, 3.8) is 0 Å². The van der Waals surface area contributed by atoms with Gasteiger partial charge in [-0.15, -0.1) is 0 Å². The second kappa shape index (κ2) is 8.78. The van der Waals surface area contributed by atoms with Crippen molar-refractivity contribution in [3.8, 4) is 5.75 Å². The summed E-state index contributed by atoms with van der Waals surface area (Å²) >= 11 is 0. The highest BCUT2D eigenvalue weighted by Gasteiger charge is 2.24. The Morgan fingerprint density at radius 2 is 1.97 bits per heavy atom. The quantitative estimate of drug-likeness (QED) is 0.705. The van der Waals surface area contributed by atoms with Gasteiger partial charge in [0, 0.05) is 30.3 Å². The molecular weight excluding hydrogens is 378 g/mol. The fourth-order valence-corrected chi connectivity index (χ4v) is 3.64. The molecule has 0 atom stereocenters. The Labute approximate surface area is 175 Å². The van der Waals surface area contributed by atoms with Gasteiger partial charge in [0.15, 0.2) is 0 Å². The van der Waals surface area contributed by atoms with Crippen molar-refractivity contribution in [2.75, 3.05) is 23.9 Å². The van der Waals surface area contributed by atoms with Gasteiger partial charge in [-0.05, 0) is 60.4 Å². The SMILES string of the molecule is COc1ccc(CC(=O)Nc2ccc3c(c2)N(C(=O)c2cccnc2)CCC3)cc1. The van der Waals surface area contributed by atoms with Crippen LogP contribution in [0.25, 0.3) is 0 Å². The number of aromatic nitrogens is 1. The third-order valence-electron chi connectivity index (χ3n) is 5.17. The molecule has 6 heteroatoms. The van der Waals surface area contributed by atoms with Crippen LogP contribution in [-0.4, -0.2) is 30.5 Å². The first-order valence-corrected chi connectivity index (χ1v) is 9.91. The molecule has 1 aliphatic rings. The normalized spacial score (nSPS) is 12.8. The summed E-state index contributed by atoms with van der Waals surface area (Å²) in [6.07, 6.45) is 5.31. The molecule has 30 heavy (non-hydrogen) atoms. The Kier molecular flexibility index (Phi) is 5.75. The van der Waals surface area contributed by atoms with Crippen LogP contribution in [0.5, 0.6) is 5.75 Å². The van der Waals surface area contributed by atoms with E-state index < -0.39 is 0 Å². The molecule has 1 aromatic heterocycles. The van der Waals surface area contributed by atoms with E-state index in [2.05, 4.69) is 10.3 Å². The average Bonchev–Trinajstić information content (AvgIpc) is 2.79. The first-order chi connectivity index (χ1) is 14.6. The zero-order chi connectivity index (χ0) is 20.9. The Hall–Kier alpha value is -3.67. The topological polar surface area (TPSA) is 71.5 Å². The Morgan fingerprint density at radius 3 is 2.70 bits per heavy atom. The third kappa shape index (κ3) is 4.33. The van der Waals surface area contributed by atoms with Gasteiger partial charge in [-0.3, -0.25) is 14.6 Å². The van der Waals surface area contributed by atoms with Crippen LogP contribution in [0.4, 0.5) is 11.4 Å². The first kappa shape index (κ1) is 19.6. The van der Waals surface area contributed by atoms with Crippen molar-refractivity contribution in [1.29, 1.82) is 0 Å². The lowest BCUT2D eigenvalue weighted by atomic mass is 10.00. The highest BCUT2D eigenvalue weighted by molar-refractivity contribution is 6.07. The number of hydrogen-bond acceptors (Lipinski definition) is 4. The van der Waals surface area contributed by atoms with Crippen molar-refractivity contribution in [1.82, 2.24) is 4.98 Å². The predicted molar refractivity (Wildman–Crippen MR) is 116 cm³/mol. The summed E-state index contributed by atoms with van der Waals surface area (Å²) in [5, 5.41) is 2.95. The minimum Gasteiger partial charge on any atom is -0.497 e. The lowest BCUT2D eigenvalue weighted by Gasteiger charge is -2.30. The van der Waals surface area contributed by atoms with Crippen LogP contribution in [0, 0.1) is 0 Å². The predicted octanol–water partition coefficient (Wildman–Crippen LogP) is 3.86. The molecule has 0 saturated carbocycles. The van der Waals surface area contributed by atoms with Crippen LogP contribution in [0.1, 0.15) is 27.9 Å². The van der Waals surface area contributed by atoms with E-state index in [0.717, 1.165) is 35.4 Å². The number of rotatable bonds is 5. The van der Waals surface area contributed by atoms with E-state index in [-0.39, 0.29) is 18.2 Å². The van der Waals surface area contributed by atoms with Crippen LogP contribution in [0.3, 0.4) is 0 Å². The number of ether oxygens (including phenoxy) is 1. The van der Waals surface area contributed by atoms with Gasteiger partial charge in [0.2, 0.25) is 5.91 Å². The summed E-state index contributed by atoms with van der Waals surface area (Å²) in [5.41, 5.74) is 4.08. The molecule has 152 valence electrons. The number of anilines is 2. The highest BCUT2D eigenvalue weighted by atomic mass is 16.5. The number of amides is 2. The lowest BCUT2D eigenvalue weighted by molar-refractivity contribution is -0.115. The molecule has 0 spiro atoms. The maximum atomic E-state index is 13.0. The first-order valence-electron chi connectivity index (χ1n) is 9.91. The van der Waals surface area contributed by atoms with E-state index in [1.807, 2.05) is 42.5 Å². The largest absolute Gasteiger partial charge is 0.497 e. The monoisotopic (exact) mass is 401 g/mol. The van der Waals surface area contributed by atoms with E-state index in [9.17, 15) is 9.59 Å². The van der Waals surface area contributed by atoms with E-state index in [4.69, 9.17) is 4.74 Å². The van der Waals surface area contributed by atoms with Crippen molar-refractivity contribution in [3.05, 3.63) is 83.7 Å². The molecule has 0 bridgehead atoms. The molecular formula is C24H23N3O3. The van der Waals surface area contributed by atoms with Crippen LogP contribution < -0.4 is 15.0 Å². The summed E-state index contributed by atoms with van der Waals surface area (Å²) in [7, 11) is 1.61. The molecule has 0 aliphatic carbocycles. The fraction of sp³-hybridized carbons (Fsp3) is 0.208. The molecule has 2 aromatic carbocycles. The van der Waals surface area contributed by atoms with Gasteiger partial charge in [-0.1, -0.05) is 18.2 Å². The van der Waals surface area contributed by atoms with Gasteiger partial charge in [0.05, 0.1) is 19.1 Å². The van der Waals surface area contributed by atoms with E-state index in [0.29, 0.717) is 17.8 Å². The number of aryl methyl sites for hydroxylation is 1. The minimum atomic E-state index is -0.110. The molecule has 0 unspecified atom stereocenters. The zero-order valence-electron chi connectivity index (χ0n) is 16.8. The van der Waals surface area contributed by atoms with Gasteiger partial charge in [0.1, 0.15) is 5.75 Å². The number of pyridine rings is 1. The van der Waals surface area contributed by atoms with Gasteiger partial charge in [-0.2, -0.15) is 0 Å². The van der Waals surface area contributed by atoms with E-state index >= 15 is 0 Å². The maximum absolute atomic E-state index is 13.0. The molecule has 1 N–H and O–H groups in total. The van der Waals surface area contributed by atoms with Gasteiger partial charge in [-0.25, -0.2) is 0 Å². The third-order valence-corrected chi connectivity index (χ3v) is 5.17. The molecule has 2 heterocycles. The van der Waals surface area contributed by atoms with Crippen LogP contribution in [-0.2, 0) is 17.6 Å². The smallest absolute Gasteiger partial charge is 0.259 e. The van der Waals surface area contributed by atoms with Gasteiger partial charge in [0.25, 0.3) is 5.91 Å². The number of methoxy groups -OCH3 is 1. The molecule has 6 nitrogen and oxygen atoms in total. The zero-order valence-corrected chi connectivity index (χ0v) is 16.8. The van der Waals surface area contributed by atoms with Crippen molar-refractivity contribution in [2.45, 2.75) is 19.3 Å². The minimum absolute atomic E-state index is 0.0780. The van der Waals surface area contributed by atoms with Crippen molar-refractivity contribution < 1.29 is 14.3 Å².